The number of ether oxygens (including phenoxy) is 1. The minimum atomic E-state index is -0.501. The highest BCUT2D eigenvalue weighted by Gasteiger charge is 2.36. The molecule has 1 aliphatic rings. The van der Waals surface area contributed by atoms with Crippen LogP contribution in [0.1, 0.15) is 12.2 Å². The molecule has 0 spiro atoms. The highest BCUT2D eigenvalue weighted by Crippen LogP contribution is 2.25. The van der Waals surface area contributed by atoms with E-state index in [0.717, 1.165) is 11.4 Å². The van der Waals surface area contributed by atoms with Crippen molar-refractivity contribution >= 4 is 17.6 Å². The number of carbonyl (C=O) groups is 2. The zero-order valence-electron chi connectivity index (χ0n) is 14.4. The third kappa shape index (κ3) is 3.55. The zero-order chi connectivity index (χ0) is 18.6. The molecule has 8 nitrogen and oxygen atoms in total. The average Bonchev–Trinajstić information content (AvgIpc) is 3.34. The molecule has 1 aliphatic heterocycles. The van der Waals surface area contributed by atoms with Gasteiger partial charge in [-0.05, 0) is 34.7 Å². The Bertz CT molecular complexity index is 942. The van der Waals surface area contributed by atoms with Crippen LogP contribution in [0.4, 0.5) is 5.69 Å². The molecule has 2 aromatic carbocycles. The molecule has 0 N–H and O–H groups in total. The smallest absolute Gasteiger partial charge is 0.311 e. The summed E-state index contributed by atoms with van der Waals surface area (Å²) in [7, 11) is 0. The summed E-state index contributed by atoms with van der Waals surface area (Å²) < 4.78 is 6.90. The van der Waals surface area contributed by atoms with Crippen LogP contribution in [0.25, 0.3) is 5.69 Å². The number of esters is 1. The van der Waals surface area contributed by atoms with Gasteiger partial charge in [0.25, 0.3) is 0 Å². The molecule has 0 bridgehead atoms. The van der Waals surface area contributed by atoms with Crippen LogP contribution in [0.3, 0.4) is 0 Å². The first-order valence-electron chi connectivity index (χ1n) is 8.57. The lowest BCUT2D eigenvalue weighted by atomic mass is 10.1. The molecule has 27 heavy (non-hydrogen) atoms. The lowest BCUT2D eigenvalue weighted by Gasteiger charge is -2.16. The second-order valence-corrected chi connectivity index (χ2v) is 6.19. The second kappa shape index (κ2) is 7.36. The van der Waals surface area contributed by atoms with Crippen LogP contribution in [0, 0.1) is 5.92 Å². The van der Waals surface area contributed by atoms with E-state index >= 15 is 0 Å². The Labute approximate surface area is 155 Å². The molecule has 0 aliphatic carbocycles. The summed E-state index contributed by atoms with van der Waals surface area (Å²) in [5.41, 5.74) is 1.56. The van der Waals surface area contributed by atoms with Gasteiger partial charge < -0.3 is 9.64 Å². The van der Waals surface area contributed by atoms with E-state index in [0.29, 0.717) is 12.4 Å². The van der Waals surface area contributed by atoms with E-state index in [9.17, 15) is 9.59 Å². The van der Waals surface area contributed by atoms with Crippen LogP contribution >= 0.6 is 0 Å². The van der Waals surface area contributed by atoms with Crippen LogP contribution in [-0.4, -0.2) is 38.6 Å². The minimum absolute atomic E-state index is 0.0588. The summed E-state index contributed by atoms with van der Waals surface area (Å²) in [6.07, 6.45) is 0.136. The highest BCUT2D eigenvalue weighted by molar-refractivity contribution is 5.99. The van der Waals surface area contributed by atoms with Crippen molar-refractivity contribution in [1.82, 2.24) is 20.2 Å². The van der Waals surface area contributed by atoms with Gasteiger partial charge in [0.05, 0.1) is 11.6 Å². The molecule has 1 aromatic heterocycles. The van der Waals surface area contributed by atoms with Crippen molar-refractivity contribution in [1.29, 1.82) is 0 Å². The molecular formula is C19H17N5O3. The lowest BCUT2D eigenvalue weighted by Crippen LogP contribution is -2.26. The average molecular weight is 363 g/mol. The predicted octanol–water partition coefficient (Wildman–Crippen LogP) is 1.76. The van der Waals surface area contributed by atoms with Crippen molar-refractivity contribution in [3.05, 3.63) is 66.5 Å². The van der Waals surface area contributed by atoms with Gasteiger partial charge in [-0.3, -0.25) is 9.59 Å². The molecule has 4 rings (SSSR count). The third-order valence-electron chi connectivity index (χ3n) is 4.40. The number of rotatable bonds is 5. The molecule has 136 valence electrons. The van der Waals surface area contributed by atoms with E-state index in [1.54, 1.807) is 4.90 Å². The first-order chi connectivity index (χ1) is 13.2. The highest BCUT2D eigenvalue weighted by atomic mass is 16.5. The van der Waals surface area contributed by atoms with Crippen LogP contribution < -0.4 is 4.90 Å². The lowest BCUT2D eigenvalue weighted by molar-refractivity contribution is -0.150. The van der Waals surface area contributed by atoms with E-state index in [4.69, 9.17) is 4.74 Å². The van der Waals surface area contributed by atoms with E-state index in [-0.39, 0.29) is 18.9 Å². The van der Waals surface area contributed by atoms with Crippen LogP contribution in [-0.2, 0) is 20.9 Å². The maximum atomic E-state index is 12.4. The molecule has 1 atom stereocenters. The minimum Gasteiger partial charge on any atom is -0.457 e. The van der Waals surface area contributed by atoms with Crippen molar-refractivity contribution in [2.45, 2.75) is 13.0 Å². The fourth-order valence-corrected chi connectivity index (χ4v) is 3.04. The Kier molecular flexibility index (Phi) is 4.61. The number of para-hydroxylation sites is 2. The maximum Gasteiger partial charge on any atom is 0.311 e. The van der Waals surface area contributed by atoms with Gasteiger partial charge in [-0.15, -0.1) is 5.10 Å². The third-order valence-corrected chi connectivity index (χ3v) is 4.40. The standard InChI is InChI=1S/C19H17N5O3/c25-18-11-14(12-23(18)15-7-3-1-4-8-15)19(26)27-13-17-20-21-22-24(17)16-9-5-2-6-10-16/h1-10,14H,11-13H2. The molecule has 3 aromatic rings. The number of carbonyl (C=O) groups excluding carboxylic acids is 2. The fraction of sp³-hybridized carbons (Fsp3) is 0.211. The zero-order valence-corrected chi connectivity index (χ0v) is 14.4. The normalized spacial score (nSPS) is 16.5. The quantitative estimate of drug-likeness (QED) is 0.642. The molecule has 8 heteroatoms. The summed E-state index contributed by atoms with van der Waals surface area (Å²) >= 11 is 0. The van der Waals surface area contributed by atoms with E-state index in [2.05, 4.69) is 15.5 Å². The number of benzene rings is 2. The topological polar surface area (TPSA) is 90.2 Å². The Morgan fingerprint density at radius 2 is 1.70 bits per heavy atom. The summed E-state index contributed by atoms with van der Waals surface area (Å²) in [5.74, 6) is -0.598. The van der Waals surface area contributed by atoms with E-state index < -0.39 is 11.9 Å². The van der Waals surface area contributed by atoms with Crippen LogP contribution in [0.15, 0.2) is 60.7 Å². The van der Waals surface area contributed by atoms with Gasteiger partial charge in [-0.2, -0.15) is 4.68 Å². The number of hydrogen-bond donors (Lipinski definition) is 0. The number of nitrogens with zero attached hydrogens (tertiary/aromatic N) is 5. The Balaban J connectivity index is 1.40. The number of anilines is 1. The van der Waals surface area contributed by atoms with Crippen molar-refractivity contribution in [3.8, 4) is 5.69 Å². The van der Waals surface area contributed by atoms with Crippen LogP contribution in [0.5, 0.6) is 0 Å². The summed E-state index contributed by atoms with van der Waals surface area (Å²) in [6.45, 7) is 0.252. The van der Waals surface area contributed by atoms with Crippen molar-refractivity contribution in [3.63, 3.8) is 0 Å². The van der Waals surface area contributed by atoms with Crippen molar-refractivity contribution < 1.29 is 14.3 Å². The molecular weight excluding hydrogens is 346 g/mol. The van der Waals surface area contributed by atoms with Gasteiger partial charge in [0.15, 0.2) is 12.4 Å². The summed E-state index contributed by atoms with van der Waals surface area (Å²) in [4.78, 5) is 26.3. The van der Waals surface area contributed by atoms with Gasteiger partial charge in [-0.25, -0.2) is 0 Å². The fourth-order valence-electron chi connectivity index (χ4n) is 3.04. The SMILES string of the molecule is O=C(OCc1nnnn1-c1ccccc1)C1CC(=O)N(c2ccccc2)C1. The van der Waals surface area contributed by atoms with Crippen LogP contribution in [0.2, 0.25) is 0 Å². The van der Waals surface area contributed by atoms with Gasteiger partial charge in [0.1, 0.15) is 0 Å². The molecule has 1 saturated heterocycles. The molecule has 2 heterocycles. The van der Waals surface area contributed by atoms with Gasteiger partial charge in [-0.1, -0.05) is 36.4 Å². The monoisotopic (exact) mass is 363 g/mol. The van der Waals surface area contributed by atoms with Gasteiger partial charge in [0, 0.05) is 18.7 Å². The molecule has 1 unspecified atom stereocenters. The Morgan fingerprint density at radius 3 is 2.41 bits per heavy atom. The summed E-state index contributed by atoms with van der Waals surface area (Å²) in [6, 6.07) is 18.6. The van der Waals surface area contributed by atoms with Crippen molar-refractivity contribution in [2.75, 3.05) is 11.4 Å². The maximum absolute atomic E-state index is 12.4. The van der Waals surface area contributed by atoms with Crippen molar-refractivity contribution in [2.24, 2.45) is 5.92 Å². The Morgan fingerprint density at radius 1 is 1.04 bits per heavy atom. The number of hydrogen-bond acceptors (Lipinski definition) is 6. The van der Waals surface area contributed by atoms with Gasteiger partial charge in [0.2, 0.25) is 5.91 Å². The number of amides is 1. The van der Waals surface area contributed by atoms with E-state index in [1.807, 2.05) is 60.7 Å². The molecule has 1 amide bonds. The molecule has 1 fully saturated rings. The van der Waals surface area contributed by atoms with E-state index in [1.165, 1.54) is 4.68 Å². The molecule has 0 radical (unpaired) electrons. The molecule has 0 saturated carbocycles. The second-order valence-electron chi connectivity index (χ2n) is 6.19. The first kappa shape index (κ1) is 16.9. The predicted molar refractivity (Wildman–Crippen MR) is 95.9 cm³/mol. The number of tetrazole rings is 1. The first-order valence-corrected chi connectivity index (χ1v) is 8.57. The largest absolute Gasteiger partial charge is 0.457 e. The Hall–Kier alpha value is -3.55. The van der Waals surface area contributed by atoms with Gasteiger partial charge >= 0.3 is 5.97 Å². The summed E-state index contributed by atoms with van der Waals surface area (Å²) in [5, 5.41) is 11.5. The number of aromatic nitrogens is 4.